The van der Waals surface area contributed by atoms with Crippen molar-refractivity contribution in [1.29, 1.82) is 0 Å². The second-order valence-corrected chi connectivity index (χ2v) is 4.86. The fraction of sp³-hybridized carbons (Fsp3) is 0.533. The van der Waals surface area contributed by atoms with Crippen LogP contribution in [0.15, 0.2) is 24.3 Å². The summed E-state index contributed by atoms with van der Waals surface area (Å²) in [4.78, 5) is 15.5. The van der Waals surface area contributed by atoms with Crippen molar-refractivity contribution in [3.05, 3.63) is 24.3 Å². The highest BCUT2D eigenvalue weighted by Crippen LogP contribution is 2.17. The molecule has 2 N–H and O–H groups in total. The standard InChI is InChI=1S/C15H24N4O/c1-3-18(4-2)14-7-5-13(6-8-14)16-9-11-19-12-10-17-15(19)20/h5-8,16H,3-4,9-12H2,1-2H3,(H,17,20). The molecular formula is C15H24N4O. The Balaban J connectivity index is 1.80. The van der Waals surface area contributed by atoms with Gasteiger partial charge in [0.2, 0.25) is 0 Å². The van der Waals surface area contributed by atoms with Crippen LogP contribution >= 0.6 is 0 Å². The topological polar surface area (TPSA) is 47.6 Å². The third-order valence-electron chi connectivity index (χ3n) is 3.65. The van der Waals surface area contributed by atoms with Crippen LogP contribution in [0.2, 0.25) is 0 Å². The Hall–Kier alpha value is -1.91. The van der Waals surface area contributed by atoms with Gasteiger partial charge >= 0.3 is 6.03 Å². The Morgan fingerprint density at radius 3 is 2.50 bits per heavy atom. The van der Waals surface area contributed by atoms with Gasteiger partial charge in [-0.25, -0.2) is 4.79 Å². The molecule has 0 atom stereocenters. The highest BCUT2D eigenvalue weighted by molar-refractivity contribution is 5.76. The minimum absolute atomic E-state index is 0.0451. The van der Waals surface area contributed by atoms with Crippen LogP contribution in [0.5, 0.6) is 0 Å². The van der Waals surface area contributed by atoms with Crippen molar-refractivity contribution in [2.24, 2.45) is 0 Å². The first-order chi connectivity index (χ1) is 9.74. The highest BCUT2D eigenvalue weighted by Gasteiger charge is 2.18. The smallest absolute Gasteiger partial charge is 0.317 e. The summed E-state index contributed by atoms with van der Waals surface area (Å²) in [6.07, 6.45) is 0. The SMILES string of the molecule is CCN(CC)c1ccc(NCCN2CCNC2=O)cc1. The summed E-state index contributed by atoms with van der Waals surface area (Å²) < 4.78 is 0. The van der Waals surface area contributed by atoms with E-state index in [1.165, 1.54) is 5.69 Å². The molecule has 0 aromatic heterocycles. The lowest BCUT2D eigenvalue weighted by molar-refractivity contribution is 0.219. The average molecular weight is 276 g/mol. The van der Waals surface area contributed by atoms with Crippen molar-refractivity contribution >= 4 is 17.4 Å². The van der Waals surface area contributed by atoms with Crippen molar-refractivity contribution in [2.45, 2.75) is 13.8 Å². The number of nitrogens with one attached hydrogen (secondary N) is 2. The molecule has 1 aromatic carbocycles. The molecule has 0 radical (unpaired) electrons. The minimum Gasteiger partial charge on any atom is -0.383 e. The van der Waals surface area contributed by atoms with Gasteiger partial charge in [-0.2, -0.15) is 0 Å². The third kappa shape index (κ3) is 3.56. The van der Waals surface area contributed by atoms with Crippen LogP contribution in [-0.4, -0.2) is 50.2 Å². The van der Waals surface area contributed by atoms with Gasteiger partial charge in [0.1, 0.15) is 0 Å². The number of urea groups is 1. The van der Waals surface area contributed by atoms with E-state index < -0.39 is 0 Å². The molecule has 20 heavy (non-hydrogen) atoms. The molecule has 5 heteroatoms. The molecule has 1 fully saturated rings. The Morgan fingerprint density at radius 1 is 1.25 bits per heavy atom. The van der Waals surface area contributed by atoms with Gasteiger partial charge in [-0.05, 0) is 38.1 Å². The number of rotatable bonds is 7. The number of amides is 2. The van der Waals surface area contributed by atoms with E-state index in [2.05, 4.69) is 53.6 Å². The van der Waals surface area contributed by atoms with Gasteiger partial charge in [0, 0.05) is 50.6 Å². The molecule has 0 bridgehead atoms. The Bertz CT molecular complexity index is 428. The number of hydrogen-bond donors (Lipinski definition) is 2. The first-order valence-electron chi connectivity index (χ1n) is 7.36. The van der Waals surface area contributed by atoms with Gasteiger partial charge in [-0.3, -0.25) is 0 Å². The fourth-order valence-electron chi connectivity index (χ4n) is 2.44. The third-order valence-corrected chi connectivity index (χ3v) is 3.65. The van der Waals surface area contributed by atoms with E-state index in [0.29, 0.717) is 0 Å². The molecule has 2 rings (SSSR count). The van der Waals surface area contributed by atoms with Crippen LogP contribution in [0, 0.1) is 0 Å². The van der Waals surface area contributed by atoms with E-state index in [-0.39, 0.29) is 6.03 Å². The molecule has 1 aliphatic heterocycles. The number of nitrogens with zero attached hydrogens (tertiary/aromatic N) is 2. The number of hydrogen-bond acceptors (Lipinski definition) is 3. The maximum atomic E-state index is 11.4. The van der Waals surface area contributed by atoms with Gasteiger partial charge in [-0.15, -0.1) is 0 Å². The summed E-state index contributed by atoms with van der Waals surface area (Å²) in [5, 5.41) is 6.16. The van der Waals surface area contributed by atoms with E-state index in [1.54, 1.807) is 0 Å². The summed E-state index contributed by atoms with van der Waals surface area (Å²) in [6.45, 7) is 9.45. The van der Waals surface area contributed by atoms with E-state index >= 15 is 0 Å². The number of carbonyl (C=O) groups excluding carboxylic acids is 1. The lowest BCUT2D eigenvalue weighted by Crippen LogP contribution is -2.32. The Kier molecular flexibility index (Phi) is 5.09. The quantitative estimate of drug-likeness (QED) is 0.800. The van der Waals surface area contributed by atoms with Crippen LogP contribution in [-0.2, 0) is 0 Å². The summed E-state index contributed by atoms with van der Waals surface area (Å²) in [7, 11) is 0. The zero-order valence-corrected chi connectivity index (χ0v) is 12.4. The zero-order chi connectivity index (χ0) is 14.4. The summed E-state index contributed by atoms with van der Waals surface area (Å²) >= 11 is 0. The molecule has 1 saturated heterocycles. The van der Waals surface area contributed by atoms with Gasteiger partial charge in [-0.1, -0.05) is 0 Å². The number of carbonyl (C=O) groups is 1. The Labute approximate surface area is 120 Å². The van der Waals surface area contributed by atoms with Gasteiger partial charge in [0.25, 0.3) is 0 Å². The van der Waals surface area contributed by atoms with Gasteiger partial charge in [0.15, 0.2) is 0 Å². The lowest BCUT2D eigenvalue weighted by Gasteiger charge is -2.21. The van der Waals surface area contributed by atoms with Crippen molar-refractivity contribution in [1.82, 2.24) is 10.2 Å². The fourth-order valence-corrected chi connectivity index (χ4v) is 2.44. The van der Waals surface area contributed by atoms with Crippen molar-refractivity contribution in [3.8, 4) is 0 Å². The molecule has 110 valence electrons. The lowest BCUT2D eigenvalue weighted by atomic mass is 10.2. The second-order valence-electron chi connectivity index (χ2n) is 4.86. The van der Waals surface area contributed by atoms with E-state index in [9.17, 15) is 4.79 Å². The second kappa shape index (κ2) is 7.03. The van der Waals surface area contributed by atoms with Crippen LogP contribution in [0.1, 0.15) is 13.8 Å². The normalized spacial score (nSPS) is 14.3. The predicted molar refractivity (Wildman–Crippen MR) is 83.5 cm³/mol. The van der Waals surface area contributed by atoms with Crippen LogP contribution in [0.4, 0.5) is 16.2 Å². The molecule has 1 aromatic rings. The predicted octanol–water partition coefficient (Wildman–Crippen LogP) is 1.97. The van der Waals surface area contributed by atoms with E-state index in [4.69, 9.17) is 0 Å². The summed E-state index contributed by atoms with van der Waals surface area (Å²) in [5.74, 6) is 0. The Morgan fingerprint density at radius 2 is 1.95 bits per heavy atom. The maximum Gasteiger partial charge on any atom is 0.317 e. The van der Waals surface area contributed by atoms with E-state index in [1.807, 2.05) is 4.90 Å². The molecule has 1 heterocycles. The van der Waals surface area contributed by atoms with Crippen molar-refractivity contribution < 1.29 is 4.79 Å². The van der Waals surface area contributed by atoms with Gasteiger partial charge in [0.05, 0.1) is 0 Å². The minimum atomic E-state index is 0.0451. The highest BCUT2D eigenvalue weighted by atomic mass is 16.2. The zero-order valence-electron chi connectivity index (χ0n) is 12.4. The van der Waals surface area contributed by atoms with E-state index in [0.717, 1.165) is 45.0 Å². The molecular weight excluding hydrogens is 252 g/mol. The molecule has 5 nitrogen and oxygen atoms in total. The van der Waals surface area contributed by atoms with Crippen LogP contribution in [0.25, 0.3) is 0 Å². The monoisotopic (exact) mass is 276 g/mol. The summed E-state index contributed by atoms with van der Waals surface area (Å²) in [6, 6.07) is 8.51. The molecule has 0 aliphatic carbocycles. The molecule has 0 spiro atoms. The first kappa shape index (κ1) is 14.5. The summed E-state index contributed by atoms with van der Waals surface area (Å²) in [5.41, 5.74) is 2.35. The largest absolute Gasteiger partial charge is 0.383 e. The number of anilines is 2. The molecule has 0 saturated carbocycles. The van der Waals surface area contributed by atoms with Crippen LogP contribution < -0.4 is 15.5 Å². The molecule has 0 unspecified atom stereocenters. The maximum absolute atomic E-state index is 11.4. The van der Waals surface area contributed by atoms with Crippen LogP contribution in [0.3, 0.4) is 0 Å². The van der Waals surface area contributed by atoms with Crippen molar-refractivity contribution in [3.63, 3.8) is 0 Å². The average Bonchev–Trinajstić information content (AvgIpc) is 2.87. The van der Waals surface area contributed by atoms with Gasteiger partial charge < -0.3 is 20.4 Å². The van der Waals surface area contributed by atoms with Crippen molar-refractivity contribution in [2.75, 3.05) is 49.5 Å². The molecule has 2 amide bonds. The first-order valence-corrected chi connectivity index (χ1v) is 7.36. The number of benzene rings is 1. The molecule has 1 aliphatic rings.